The summed E-state index contributed by atoms with van der Waals surface area (Å²) in [6, 6.07) is 9.62. The second-order valence-corrected chi connectivity index (χ2v) is 4.83. The largest absolute Gasteiger partial charge is 0.297 e. The first-order valence-corrected chi connectivity index (χ1v) is 5.71. The van der Waals surface area contributed by atoms with Crippen LogP contribution in [0.5, 0.6) is 0 Å². The molecule has 2 rings (SSSR count). The molecule has 0 amide bonds. The minimum Gasteiger partial charge on any atom is -0.297 e. The maximum atomic E-state index is 10.6. The number of aldehydes is 1. The van der Waals surface area contributed by atoms with E-state index in [0.717, 1.165) is 32.2 Å². The molecule has 76 valence electrons. The molecule has 0 aliphatic rings. The number of thiophene rings is 1. The Hall–Kier alpha value is -1.12. The molecule has 1 nitrogen and oxygen atoms in total. The third-order valence-corrected chi connectivity index (χ3v) is 3.50. The van der Waals surface area contributed by atoms with Crippen LogP contribution in [0.2, 0.25) is 5.02 Å². The number of hydrogen-bond donors (Lipinski definition) is 0. The fraction of sp³-hybridized carbons (Fsp3) is 0.0833. The molecule has 0 saturated carbocycles. The van der Waals surface area contributed by atoms with Crippen molar-refractivity contribution in [3.05, 3.63) is 45.8 Å². The van der Waals surface area contributed by atoms with E-state index < -0.39 is 0 Å². The predicted octanol–water partition coefficient (Wildman–Crippen LogP) is 4.19. The monoisotopic (exact) mass is 236 g/mol. The summed E-state index contributed by atoms with van der Waals surface area (Å²) in [5.74, 6) is 0. The average molecular weight is 237 g/mol. The fourth-order valence-corrected chi connectivity index (χ4v) is 2.52. The zero-order valence-corrected chi connectivity index (χ0v) is 9.73. The van der Waals surface area contributed by atoms with Gasteiger partial charge in [-0.05, 0) is 31.2 Å². The molecular weight excluding hydrogens is 228 g/mol. The van der Waals surface area contributed by atoms with Crippen LogP contribution in [-0.2, 0) is 0 Å². The van der Waals surface area contributed by atoms with Gasteiger partial charge in [0.25, 0.3) is 0 Å². The van der Waals surface area contributed by atoms with Gasteiger partial charge in [0, 0.05) is 15.5 Å². The highest BCUT2D eigenvalue weighted by Gasteiger charge is 2.06. The summed E-state index contributed by atoms with van der Waals surface area (Å²) in [7, 11) is 0. The van der Waals surface area contributed by atoms with E-state index in [9.17, 15) is 4.79 Å². The van der Waals surface area contributed by atoms with Crippen LogP contribution < -0.4 is 0 Å². The summed E-state index contributed by atoms with van der Waals surface area (Å²) in [4.78, 5) is 12.3. The number of halogens is 1. The van der Waals surface area contributed by atoms with E-state index in [2.05, 4.69) is 0 Å². The maximum Gasteiger partial charge on any atom is 0.160 e. The van der Waals surface area contributed by atoms with Gasteiger partial charge in [-0.25, -0.2) is 0 Å². The Labute approximate surface area is 97.3 Å². The first-order chi connectivity index (χ1) is 7.20. The molecule has 0 atom stereocenters. The lowest BCUT2D eigenvalue weighted by Crippen LogP contribution is -1.77. The fourth-order valence-electron chi connectivity index (χ4n) is 1.39. The molecule has 0 fully saturated rings. The number of benzene rings is 1. The molecular formula is C12H9ClOS. The Bertz CT molecular complexity index is 502. The van der Waals surface area contributed by atoms with Crippen LogP contribution in [0.1, 0.15) is 15.2 Å². The van der Waals surface area contributed by atoms with E-state index in [1.807, 2.05) is 37.3 Å². The highest BCUT2D eigenvalue weighted by molar-refractivity contribution is 7.17. The van der Waals surface area contributed by atoms with Gasteiger partial charge >= 0.3 is 0 Å². The number of carbonyl (C=O) groups is 1. The second kappa shape index (κ2) is 4.17. The second-order valence-electron chi connectivity index (χ2n) is 3.30. The van der Waals surface area contributed by atoms with Gasteiger partial charge in [0.05, 0.1) is 4.88 Å². The summed E-state index contributed by atoms with van der Waals surface area (Å²) < 4.78 is 0. The topological polar surface area (TPSA) is 17.1 Å². The van der Waals surface area contributed by atoms with Crippen LogP contribution in [0.3, 0.4) is 0 Å². The van der Waals surface area contributed by atoms with E-state index in [-0.39, 0.29) is 0 Å². The third-order valence-electron chi connectivity index (χ3n) is 2.13. The molecule has 0 aliphatic heterocycles. The van der Waals surface area contributed by atoms with Crippen molar-refractivity contribution < 1.29 is 4.79 Å². The van der Waals surface area contributed by atoms with Crippen LogP contribution in [0.4, 0.5) is 0 Å². The number of rotatable bonds is 2. The minimum atomic E-state index is 0.722. The van der Waals surface area contributed by atoms with Gasteiger partial charge in [-0.2, -0.15) is 0 Å². The molecule has 1 heterocycles. The summed E-state index contributed by atoms with van der Waals surface area (Å²) in [5.41, 5.74) is 2.16. The Balaban J connectivity index is 2.52. The lowest BCUT2D eigenvalue weighted by molar-refractivity contribution is 0.112. The number of aryl methyl sites for hydroxylation is 1. The molecule has 0 unspecified atom stereocenters. The zero-order valence-electron chi connectivity index (χ0n) is 8.16. The normalized spacial score (nSPS) is 10.3. The first-order valence-electron chi connectivity index (χ1n) is 4.52. The Morgan fingerprint density at radius 1 is 1.27 bits per heavy atom. The smallest absolute Gasteiger partial charge is 0.160 e. The van der Waals surface area contributed by atoms with Gasteiger partial charge in [0.1, 0.15) is 0 Å². The summed E-state index contributed by atoms with van der Waals surface area (Å²) in [6.45, 7) is 2.02. The standard InChI is InChI=1S/C12H9ClOS/c1-8-2-4-11(13)10(6-8)12-5-3-9(7-14)15-12/h2-7H,1H3. The molecule has 2 aromatic rings. The van der Waals surface area contributed by atoms with Crippen molar-refractivity contribution in [2.75, 3.05) is 0 Å². The van der Waals surface area contributed by atoms with E-state index in [4.69, 9.17) is 11.6 Å². The third kappa shape index (κ3) is 2.11. The van der Waals surface area contributed by atoms with Gasteiger partial charge < -0.3 is 0 Å². The maximum absolute atomic E-state index is 10.6. The molecule has 0 saturated heterocycles. The minimum absolute atomic E-state index is 0.722. The van der Waals surface area contributed by atoms with Crippen LogP contribution in [-0.4, -0.2) is 6.29 Å². The van der Waals surface area contributed by atoms with E-state index in [1.54, 1.807) is 0 Å². The van der Waals surface area contributed by atoms with Crippen LogP contribution in [0.15, 0.2) is 30.3 Å². The van der Waals surface area contributed by atoms with E-state index in [1.165, 1.54) is 11.3 Å². The van der Waals surface area contributed by atoms with Crippen molar-refractivity contribution in [1.29, 1.82) is 0 Å². The van der Waals surface area contributed by atoms with E-state index >= 15 is 0 Å². The van der Waals surface area contributed by atoms with Crippen molar-refractivity contribution in [2.24, 2.45) is 0 Å². The highest BCUT2D eigenvalue weighted by atomic mass is 35.5. The molecule has 3 heteroatoms. The molecule has 0 N–H and O–H groups in total. The van der Waals surface area contributed by atoms with Crippen LogP contribution >= 0.6 is 22.9 Å². The van der Waals surface area contributed by atoms with E-state index in [0.29, 0.717) is 0 Å². The van der Waals surface area contributed by atoms with Crippen molar-refractivity contribution >= 4 is 29.2 Å². The van der Waals surface area contributed by atoms with Crippen LogP contribution in [0, 0.1) is 6.92 Å². The lowest BCUT2D eigenvalue weighted by Gasteiger charge is -2.02. The summed E-state index contributed by atoms with van der Waals surface area (Å²) >= 11 is 7.56. The molecule has 1 aromatic heterocycles. The van der Waals surface area contributed by atoms with Crippen molar-refractivity contribution in [1.82, 2.24) is 0 Å². The SMILES string of the molecule is Cc1ccc(Cl)c(-c2ccc(C=O)s2)c1. The Morgan fingerprint density at radius 2 is 2.07 bits per heavy atom. The molecule has 1 aromatic carbocycles. The van der Waals surface area contributed by atoms with Gasteiger partial charge in [-0.15, -0.1) is 11.3 Å². The van der Waals surface area contributed by atoms with Crippen molar-refractivity contribution in [2.45, 2.75) is 6.92 Å². The summed E-state index contributed by atoms with van der Waals surface area (Å²) in [5, 5.41) is 0.722. The van der Waals surface area contributed by atoms with Crippen molar-refractivity contribution in [3.8, 4) is 10.4 Å². The molecule has 0 radical (unpaired) electrons. The first kappa shape index (κ1) is 10.4. The van der Waals surface area contributed by atoms with Gasteiger partial charge in [0.2, 0.25) is 0 Å². The predicted molar refractivity (Wildman–Crippen MR) is 64.9 cm³/mol. The van der Waals surface area contributed by atoms with Gasteiger partial charge in [-0.1, -0.05) is 23.2 Å². The summed E-state index contributed by atoms with van der Waals surface area (Å²) in [6.07, 6.45) is 0.859. The lowest BCUT2D eigenvalue weighted by atomic mass is 10.1. The number of hydrogen-bond acceptors (Lipinski definition) is 2. The quantitative estimate of drug-likeness (QED) is 0.715. The zero-order chi connectivity index (χ0) is 10.8. The number of carbonyl (C=O) groups excluding carboxylic acids is 1. The Kier molecular flexibility index (Phi) is 2.89. The van der Waals surface area contributed by atoms with Crippen molar-refractivity contribution in [3.63, 3.8) is 0 Å². The average Bonchev–Trinajstić information content (AvgIpc) is 2.70. The van der Waals surface area contributed by atoms with Gasteiger partial charge in [0.15, 0.2) is 6.29 Å². The van der Waals surface area contributed by atoms with Crippen LogP contribution in [0.25, 0.3) is 10.4 Å². The molecule has 15 heavy (non-hydrogen) atoms. The Morgan fingerprint density at radius 3 is 2.73 bits per heavy atom. The molecule has 0 spiro atoms. The highest BCUT2D eigenvalue weighted by Crippen LogP contribution is 2.33. The molecule has 0 bridgehead atoms. The molecule has 0 aliphatic carbocycles. The van der Waals surface area contributed by atoms with Gasteiger partial charge in [-0.3, -0.25) is 4.79 Å².